The standard InChI is InChI=1S/C16H30/c1-5-6-7-8-9-10-11-12-13-14-15-16(2,3)4/h12-15H,5-11H2,1-4H3/b13-12+,15-14-. The first-order valence-corrected chi connectivity index (χ1v) is 6.90. The Hall–Kier alpha value is -0.520. The molecule has 0 aromatic rings. The molecular formula is C16H30. The molecule has 0 bridgehead atoms. The maximum atomic E-state index is 2.29. The Labute approximate surface area is 103 Å². The highest BCUT2D eigenvalue weighted by atomic mass is 14.1. The Balaban J connectivity index is 3.32. The van der Waals surface area contributed by atoms with Crippen LogP contribution in [0.2, 0.25) is 0 Å². The van der Waals surface area contributed by atoms with Gasteiger partial charge in [0.25, 0.3) is 0 Å². The second kappa shape index (κ2) is 9.69. The van der Waals surface area contributed by atoms with Gasteiger partial charge in [0.15, 0.2) is 0 Å². The lowest BCUT2D eigenvalue weighted by Crippen LogP contribution is -1.97. The third-order valence-corrected chi connectivity index (χ3v) is 2.57. The third-order valence-electron chi connectivity index (χ3n) is 2.57. The number of allylic oxidation sites excluding steroid dienone is 4. The lowest BCUT2D eigenvalue weighted by molar-refractivity contribution is 0.544. The molecule has 0 aliphatic heterocycles. The normalized spacial score (nSPS) is 13.0. The number of hydrogen-bond acceptors (Lipinski definition) is 0. The average Bonchev–Trinajstić information content (AvgIpc) is 2.19. The maximum absolute atomic E-state index is 2.29. The second-order valence-electron chi connectivity index (χ2n) is 5.71. The van der Waals surface area contributed by atoms with Gasteiger partial charge in [-0.1, -0.05) is 84.1 Å². The molecule has 0 aliphatic carbocycles. The highest BCUT2D eigenvalue weighted by molar-refractivity contribution is 5.05. The van der Waals surface area contributed by atoms with Crippen LogP contribution in [0, 0.1) is 5.41 Å². The molecule has 0 amide bonds. The Bertz CT molecular complexity index is 191. The van der Waals surface area contributed by atoms with E-state index in [4.69, 9.17) is 0 Å². The van der Waals surface area contributed by atoms with Gasteiger partial charge in [-0.2, -0.15) is 0 Å². The van der Waals surface area contributed by atoms with E-state index >= 15 is 0 Å². The van der Waals surface area contributed by atoms with Gasteiger partial charge in [0, 0.05) is 0 Å². The molecule has 0 N–H and O–H groups in total. The molecule has 0 unspecified atom stereocenters. The first-order valence-electron chi connectivity index (χ1n) is 6.90. The molecule has 0 heterocycles. The molecule has 0 saturated carbocycles. The molecule has 0 heteroatoms. The van der Waals surface area contributed by atoms with Crippen molar-refractivity contribution in [2.24, 2.45) is 5.41 Å². The summed E-state index contributed by atoms with van der Waals surface area (Å²) in [5.74, 6) is 0. The molecule has 0 radical (unpaired) electrons. The summed E-state index contributed by atoms with van der Waals surface area (Å²) < 4.78 is 0. The molecule has 0 aromatic heterocycles. The number of hydrogen-bond donors (Lipinski definition) is 0. The topological polar surface area (TPSA) is 0 Å². The summed E-state index contributed by atoms with van der Waals surface area (Å²) in [6.07, 6.45) is 18.5. The third kappa shape index (κ3) is 13.5. The minimum Gasteiger partial charge on any atom is -0.0845 e. The van der Waals surface area contributed by atoms with Crippen molar-refractivity contribution in [1.82, 2.24) is 0 Å². The average molecular weight is 222 g/mol. The van der Waals surface area contributed by atoms with Crippen LogP contribution in [-0.4, -0.2) is 0 Å². The Morgan fingerprint density at radius 2 is 1.44 bits per heavy atom. The molecule has 0 fully saturated rings. The van der Waals surface area contributed by atoms with E-state index in [1.54, 1.807) is 0 Å². The zero-order chi connectivity index (χ0) is 12.3. The van der Waals surface area contributed by atoms with E-state index in [2.05, 4.69) is 52.0 Å². The van der Waals surface area contributed by atoms with E-state index in [0.29, 0.717) is 5.41 Å². The van der Waals surface area contributed by atoms with Crippen LogP contribution >= 0.6 is 0 Å². The summed E-state index contributed by atoms with van der Waals surface area (Å²) in [6.45, 7) is 8.95. The minimum atomic E-state index is 0.310. The van der Waals surface area contributed by atoms with Crippen molar-refractivity contribution in [3.8, 4) is 0 Å². The summed E-state index contributed by atoms with van der Waals surface area (Å²) in [6, 6.07) is 0. The molecule has 0 saturated heterocycles. The van der Waals surface area contributed by atoms with Gasteiger partial charge in [0.2, 0.25) is 0 Å². The van der Waals surface area contributed by atoms with Gasteiger partial charge in [0.05, 0.1) is 0 Å². The first kappa shape index (κ1) is 15.5. The van der Waals surface area contributed by atoms with E-state index < -0.39 is 0 Å². The van der Waals surface area contributed by atoms with E-state index in [0.717, 1.165) is 0 Å². The zero-order valence-electron chi connectivity index (χ0n) is 11.8. The van der Waals surface area contributed by atoms with Crippen molar-refractivity contribution in [2.75, 3.05) is 0 Å². The Morgan fingerprint density at radius 1 is 0.812 bits per heavy atom. The van der Waals surface area contributed by atoms with Crippen LogP contribution in [0.3, 0.4) is 0 Å². The van der Waals surface area contributed by atoms with Crippen molar-refractivity contribution in [3.63, 3.8) is 0 Å². The second-order valence-corrected chi connectivity index (χ2v) is 5.71. The lowest BCUT2D eigenvalue weighted by Gasteiger charge is -2.09. The SMILES string of the molecule is CCCCCCCC/C=C/C=C\C(C)(C)C. The van der Waals surface area contributed by atoms with E-state index in [1.807, 2.05) is 0 Å². The van der Waals surface area contributed by atoms with Crippen LogP contribution in [-0.2, 0) is 0 Å². The molecule has 0 rings (SSSR count). The quantitative estimate of drug-likeness (QED) is 0.354. The van der Waals surface area contributed by atoms with Gasteiger partial charge < -0.3 is 0 Å². The first-order chi connectivity index (χ1) is 7.56. The van der Waals surface area contributed by atoms with Gasteiger partial charge in [-0.25, -0.2) is 0 Å². The Kier molecular flexibility index (Phi) is 9.37. The monoisotopic (exact) mass is 222 g/mol. The van der Waals surface area contributed by atoms with Crippen LogP contribution in [0.15, 0.2) is 24.3 Å². The zero-order valence-corrected chi connectivity index (χ0v) is 11.8. The molecule has 0 atom stereocenters. The molecule has 0 aromatic carbocycles. The summed E-state index contributed by atoms with van der Waals surface area (Å²) >= 11 is 0. The van der Waals surface area contributed by atoms with Gasteiger partial charge in [-0.15, -0.1) is 0 Å². The van der Waals surface area contributed by atoms with Crippen molar-refractivity contribution in [2.45, 2.75) is 72.6 Å². The van der Waals surface area contributed by atoms with Gasteiger partial charge >= 0.3 is 0 Å². The van der Waals surface area contributed by atoms with Crippen molar-refractivity contribution in [1.29, 1.82) is 0 Å². The summed E-state index contributed by atoms with van der Waals surface area (Å²) in [5, 5.41) is 0. The van der Waals surface area contributed by atoms with E-state index in [1.165, 1.54) is 44.9 Å². The summed E-state index contributed by atoms with van der Waals surface area (Å²) in [7, 11) is 0. The van der Waals surface area contributed by atoms with Gasteiger partial charge in [0.1, 0.15) is 0 Å². The van der Waals surface area contributed by atoms with Gasteiger partial charge in [-0.3, -0.25) is 0 Å². The predicted molar refractivity (Wildman–Crippen MR) is 75.7 cm³/mol. The Morgan fingerprint density at radius 3 is 2.06 bits per heavy atom. The fraction of sp³-hybridized carbons (Fsp3) is 0.750. The molecule has 0 spiro atoms. The van der Waals surface area contributed by atoms with Crippen LogP contribution in [0.5, 0.6) is 0 Å². The predicted octanol–water partition coefficient (Wildman–Crippen LogP) is 5.90. The van der Waals surface area contributed by atoms with E-state index in [9.17, 15) is 0 Å². The van der Waals surface area contributed by atoms with Crippen LogP contribution in [0.1, 0.15) is 72.6 Å². The molecule has 16 heavy (non-hydrogen) atoms. The van der Waals surface area contributed by atoms with Crippen molar-refractivity contribution >= 4 is 0 Å². The van der Waals surface area contributed by atoms with Crippen molar-refractivity contribution < 1.29 is 0 Å². The van der Waals surface area contributed by atoms with Gasteiger partial charge in [-0.05, 0) is 18.3 Å². The number of rotatable bonds is 8. The minimum absolute atomic E-state index is 0.310. The van der Waals surface area contributed by atoms with Crippen LogP contribution in [0.4, 0.5) is 0 Å². The van der Waals surface area contributed by atoms with Crippen LogP contribution < -0.4 is 0 Å². The van der Waals surface area contributed by atoms with Crippen molar-refractivity contribution in [3.05, 3.63) is 24.3 Å². The lowest BCUT2D eigenvalue weighted by atomic mass is 9.96. The van der Waals surface area contributed by atoms with Crippen LogP contribution in [0.25, 0.3) is 0 Å². The summed E-state index contributed by atoms with van der Waals surface area (Å²) in [4.78, 5) is 0. The van der Waals surface area contributed by atoms with E-state index in [-0.39, 0.29) is 0 Å². The number of unbranched alkanes of at least 4 members (excludes halogenated alkanes) is 6. The maximum Gasteiger partial charge on any atom is -0.0200 e. The highest BCUT2D eigenvalue weighted by Crippen LogP contribution is 2.14. The fourth-order valence-electron chi connectivity index (χ4n) is 1.56. The summed E-state index contributed by atoms with van der Waals surface area (Å²) in [5.41, 5.74) is 0.310. The molecule has 0 aliphatic rings. The molecule has 0 nitrogen and oxygen atoms in total. The smallest absolute Gasteiger partial charge is 0.0200 e. The highest BCUT2D eigenvalue weighted by Gasteiger charge is 2.01. The molecular weight excluding hydrogens is 192 g/mol. The largest absolute Gasteiger partial charge is 0.0845 e. The molecule has 94 valence electrons. The fourth-order valence-corrected chi connectivity index (χ4v) is 1.56.